The Morgan fingerprint density at radius 2 is 2.00 bits per heavy atom. The molecule has 1 aliphatic carbocycles. The summed E-state index contributed by atoms with van der Waals surface area (Å²) in [5.74, 6) is 0.757. The molecular weight excluding hydrogens is 399 g/mol. The zero-order valence-electron chi connectivity index (χ0n) is 18.1. The SMILES string of the molecule is CC(C)CC(C)Oc1ccc(O[C@@H]2CCN(c3cc(F)c4c(c3)C(=O)CC4)C2=O)cn1. The fourth-order valence-electron chi connectivity index (χ4n) is 4.26. The van der Waals surface area contributed by atoms with Gasteiger partial charge < -0.3 is 14.4 Å². The molecule has 2 aromatic rings. The van der Waals surface area contributed by atoms with Gasteiger partial charge in [0.2, 0.25) is 5.88 Å². The van der Waals surface area contributed by atoms with E-state index >= 15 is 0 Å². The Bertz CT molecular complexity index is 990. The monoisotopic (exact) mass is 426 g/mol. The summed E-state index contributed by atoms with van der Waals surface area (Å²) in [4.78, 5) is 30.6. The number of carbonyl (C=O) groups excluding carboxylic acids is 2. The topological polar surface area (TPSA) is 68.7 Å². The minimum atomic E-state index is -0.680. The zero-order valence-corrected chi connectivity index (χ0v) is 18.1. The van der Waals surface area contributed by atoms with E-state index in [0.717, 1.165) is 6.42 Å². The molecule has 0 spiro atoms. The van der Waals surface area contributed by atoms with Crippen LogP contribution < -0.4 is 14.4 Å². The lowest BCUT2D eigenvalue weighted by molar-refractivity contribution is -0.122. The number of hydrogen-bond acceptors (Lipinski definition) is 5. The largest absolute Gasteiger partial charge is 0.479 e. The zero-order chi connectivity index (χ0) is 22.1. The average molecular weight is 426 g/mol. The first-order chi connectivity index (χ1) is 14.8. The smallest absolute Gasteiger partial charge is 0.268 e. The van der Waals surface area contributed by atoms with Gasteiger partial charge in [0.1, 0.15) is 11.6 Å². The van der Waals surface area contributed by atoms with E-state index < -0.39 is 11.9 Å². The minimum absolute atomic E-state index is 0.0591. The van der Waals surface area contributed by atoms with E-state index in [4.69, 9.17) is 9.47 Å². The predicted molar refractivity (Wildman–Crippen MR) is 114 cm³/mol. The number of benzene rings is 1. The molecule has 2 aliphatic rings. The second kappa shape index (κ2) is 8.65. The molecule has 0 bridgehead atoms. The van der Waals surface area contributed by atoms with Crippen molar-refractivity contribution >= 4 is 17.4 Å². The highest BCUT2D eigenvalue weighted by molar-refractivity contribution is 6.04. The normalized spacial score (nSPS) is 19.1. The Morgan fingerprint density at radius 1 is 1.19 bits per heavy atom. The summed E-state index contributed by atoms with van der Waals surface area (Å²) >= 11 is 0. The van der Waals surface area contributed by atoms with Crippen molar-refractivity contribution in [3.63, 3.8) is 0 Å². The van der Waals surface area contributed by atoms with Crippen molar-refractivity contribution in [3.05, 3.63) is 47.4 Å². The maximum absolute atomic E-state index is 14.4. The fourth-order valence-corrected chi connectivity index (χ4v) is 4.26. The van der Waals surface area contributed by atoms with Gasteiger partial charge in [0.25, 0.3) is 5.91 Å². The van der Waals surface area contributed by atoms with Crippen LogP contribution >= 0.6 is 0 Å². The van der Waals surface area contributed by atoms with Crippen LogP contribution in [-0.2, 0) is 11.2 Å². The predicted octanol–water partition coefficient (Wildman–Crippen LogP) is 4.35. The number of Topliss-reactive ketones (excluding diaryl/α,β-unsaturated/α-hetero) is 1. The van der Waals surface area contributed by atoms with E-state index in [2.05, 4.69) is 18.8 Å². The molecule has 1 aromatic heterocycles. The van der Waals surface area contributed by atoms with Gasteiger partial charge in [0.05, 0.1) is 12.3 Å². The van der Waals surface area contributed by atoms with Crippen molar-refractivity contribution in [3.8, 4) is 11.6 Å². The molecule has 0 radical (unpaired) electrons. The van der Waals surface area contributed by atoms with Crippen molar-refractivity contribution in [2.75, 3.05) is 11.4 Å². The molecule has 31 heavy (non-hydrogen) atoms. The molecule has 6 nitrogen and oxygen atoms in total. The molecule has 2 heterocycles. The highest BCUT2D eigenvalue weighted by Crippen LogP contribution is 2.32. The van der Waals surface area contributed by atoms with Crippen molar-refractivity contribution in [2.24, 2.45) is 5.92 Å². The summed E-state index contributed by atoms with van der Waals surface area (Å²) in [7, 11) is 0. The van der Waals surface area contributed by atoms with E-state index in [0.29, 0.717) is 60.2 Å². The van der Waals surface area contributed by atoms with Gasteiger partial charge in [-0.2, -0.15) is 0 Å². The molecule has 0 N–H and O–H groups in total. The summed E-state index contributed by atoms with van der Waals surface area (Å²) in [6.45, 7) is 6.69. The van der Waals surface area contributed by atoms with E-state index in [1.165, 1.54) is 11.0 Å². The molecule has 1 aromatic carbocycles. The minimum Gasteiger partial charge on any atom is -0.479 e. The summed E-state index contributed by atoms with van der Waals surface area (Å²) in [6, 6.07) is 6.42. The molecule has 0 saturated carbocycles. The lowest BCUT2D eigenvalue weighted by Gasteiger charge is -2.19. The first-order valence-electron chi connectivity index (χ1n) is 10.8. The quantitative estimate of drug-likeness (QED) is 0.659. The van der Waals surface area contributed by atoms with E-state index in [1.54, 1.807) is 24.4 Å². The molecular formula is C24H27FN2O4. The number of carbonyl (C=O) groups is 2. The lowest BCUT2D eigenvalue weighted by atomic mass is 10.1. The summed E-state index contributed by atoms with van der Waals surface area (Å²) in [5, 5.41) is 0. The number of rotatable bonds is 7. The van der Waals surface area contributed by atoms with Gasteiger partial charge in [0, 0.05) is 36.7 Å². The highest BCUT2D eigenvalue weighted by atomic mass is 19.1. The fraction of sp³-hybridized carbons (Fsp3) is 0.458. The Hall–Kier alpha value is -2.96. The Kier molecular flexibility index (Phi) is 5.94. The van der Waals surface area contributed by atoms with Gasteiger partial charge >= 0.3 is 0 Å². The second-order valence-electron chi connectivity index (χ2n) is 8.65. The number of halogens is 1. The van der Waals surface area contributed by atoms with Crippen LogP contribution in [0.15, 0.2) is 30.5 Å². The number of nitrogens with zero attached hydrogens (tertiary/aromatic N) is 2. The highest BCUT2D eigenvalue weighted by Gasteiger charge is 2.36. The molecule has 4 rings (SSSR count). The van der Waals surface area contributed by atoms with Crippen molar-refractivity contribution in [2.45, 2.75) is 58.7 Å². The van der Waals surface area contributed by atoms with Gasteiger partial charge in [-0.15, -0.1) is 0 Å². The maximum Gasteiger partial charge on any atom is 0.268 e. The van der Waals surface area contributed by atoms with Crippen LogP contribution in [-0.4, -0.2) is 35.4 Å². The first kappa shape index (κ1) is 21.3. The van der Waals surface area contributed by atoms with E-state index in [9.17, 15) is 14.0 Å². The number of fused-ring (bicyclic) bond motifs is 1. The second-order valence-corrected chi connectivity index (χ2v) is 8.65. The molecule has 7 heteroatoms. The van der Waals surface area contributed by atoms with Crippen LogP contribution in [0.5, 0.6) is 11.6 Å². The summed E-state index contributed by atoms with van der Waals surface area (Å²) < 4.78 is 26.0. The number of anilines is 1. The molecule has 1 unspecified atom stereocenters. The third-order valence-corrected chi connectivity index (χ3v) is 5.66. The van der Waals surface area contributed by atoms with Crippen molar-refractivity contribution < 1.29 is 23.5 Å². The third kappa shape index (κ3) is 4.55. The van der Waals surface area contributed by atoms with Crippen LogP contribution in [0.3, 0.4) is 0 Å². The van der Waals surface area contributed by atoms with Gasteiger partial charge in [0.15, 0.2) is 11.9 Å². The number of ether oxygens (including phenoxy) is 2. The molecule has 1 fully saturated rings. The molecule has 1 aliphatic heterocycles. The number of ketones is 1. The average Bonchev–Trinajstić information content (AvgIpc) is 3.26. The van der Waals surface area contributed by atoms with Crippen LogP contribution in [0.4, 0.5) is 10.1 Å². The van der Waals surface area contributed by atoms with Crippen LogP contribution in [0.1, 0.15) is 56.0 Å². The summed E-state index contributed by atoms with van der Waals surface area (Å²) in [5.41, 5.74) is 1.24. The lowest BCUT2D eigenvalue weighted by Crippen LogP contribution is -2.32. The molecule has 1 saturated heterocycles. The van der Waals surface area contributed by atoms with Gasteiger partial charge in [-0.25, -0.2) is 9.37 Å². The molecule has 1 amide bonds. The standard InChI is InChI=1S/C24H27FN2O4/c1-14(2)10-15(3)30-23-7-4-17(13-26-23)31-22-8-9-27(24(22)29)16-11-19-18(20(25)12-16)5-6-21(19)28/h4,7,11-15,22H,5-6,8-10H2,1-3H3/t15?,22-/m1/s1. The van der Waals surface area contributed by atoms with Crippen molar-refractivity contribution in [1.29, 1.82) is 0 Å². The van der Waals surface area contributed by atoms with E-state index in [-0.39, 0.29) is 17.8 Å². The molecule has 2 atom stereocenters. The number of pyridine rings is 1. The van der Waals surface area contributed by atoms with Crippen molar-refractivity contribution in [1.82, 2.24) is 4.98 Å². The Balaban J connectivity index is 1.40. The van der Waals surface area contributed by atoms with Gasteiger partial charge in [-0.3, -0.25) is 9.59 Å². The Morgan fingerprint density at radius 3 is 2.71 bits per heavy atom. The van der Waals surface area contributed by atoms with Crippen LogP contribution in [0, 0.1) is 11.7 Å². The van der Waals surface area contributed by atoms with Crippen LogP contribution in [0.2, 0.25) is 0 Å². The maximum atomic E-state index is 14.4. The Labute approximate surface area is 181 Å². The van der Waals surface area contributed by atoms with E-state index in [1.807, 2.05) is 6.92 Å². The van der Waals surface area contributed by atoms with Gasteiger partial charge in [-0.1, -0.05) is 13.8 Å². The van der Waals surface area contributed by atoms with Gasteiger partial charge in [-0.05, 0) is 49.4 Å². The summed E-state index contributed by atoms with van der Waals surface area (Å²) in [6.07, 6.45) is 3.06. The van der Waals surface area contributed by atoms with Crippen LogP contribution in [0.25, 0.3) is 0 Å². The number of amides is 1. The molecule has 164 valence electrons. The number of hydrogen-bond donors (Lipinski definition) is 0. The number of aromatic nitrogens is 1. The first-order valence-corrected chi connectivity index (χ1v) is 10.8. The third-order valence-electron chi connectivity index (χ3n) is 5.66.